The van der Waals surface area contributed by atoms with Gasteiger partial charge in [0.1, 0.15) is 6.10 Å². The van der Waals surface area contributed by atoms with Crippen molar-refractivity contribution in [1.82, 2.24) is 9.80 Å². The second-order valence-electron chi connectivity index (χ2n) is 9.01. The summed E-state index contributed by atoms with van der Waals surface area (Å²) in [4.78, 5) is 29.8. The summed E-state index contributed by atoms with van der Waals surface area (Å²) in [5.74, 6) is 0.141. The van der Waals surface area contributed by atoms with Crippen molar-refractivity contribution in [2.24, 2.45) is 5.41 Å². The van der Waals surface area contributed by atoms with E-state index in [1.54, 1.807) is 0 Å². The van der Waals surface area contributed by atoms with Gasteiger partial charge in [-0.25, -0.2) is 0 Å². The molecule has 0 aromatic heterocycles. The molecule has 0 bridgehead atoms. The van der Waals surface area contributed by atoms with Crippen molar-refractivity contribution >= 4 is 11.9 Å². The predicted molar refractivity (Wildman–Crippen MR) is 108 cm³/mol. The standard InChI is InChI=1S/C23H32N2O3/c1-17-5-6-18(2)19(13-17)14-21(26)25-11-7-23(8-12-25)15-20(28-22(23)27)16-24-9-3-4-10-24/h5-6,13,20H,3-4,7-12,14-16H2,1-2H3. The molecule has 3 fully saturated rings. The summed E-state index contributed by atoms with van der Waals surface area (Å²) in [6.45, 7) is 8.57. The van der Waals surface area contributed by atoms with Gasteiger partial charge in [0.05, 0.1) is 11.8 Å². The minimum Gasteiger partial charge on any atom is -0.461 e. The molecule has 5 heteroatoms. The number of carbonyl (C=O) groups excluding carboxylic acids is 2. The van der Waals surface area contributed by atoms with Gasteiger partial charge < -0.3 is 9.64 Å². The van der Waals surface area contributed by atoms with Crippen LogP contribution in [0.3, 0.4) is 0 Å². The lowest BCUT2D eigenvalue weighted by atomic mass is 9.76. The van der Waals surface area contributed by atoms with Crippen molar-refractivity contribution in [1.29, 1.82) is 0 Å². The molecule has 0 saturated carbocycles. The van der Waals surface area contributed by atoms with Crippen molar-refractivity contribution in [3.63, 3.8) is 0 Å². The molecule has 0 aliphatic carbocycles. The second-order valence-corrected chi connectivity index (χ2v) is 9.01. The highest BCUT2D eigenvalue weighted by molar-refractivity contribution is 5.82. The fourth-order valence-electron chi connectivity index (χ4n) is 5.05. The van der Waals surface area contributed by atoms with Crippen LogP contribution in [0, 0.1) is 19.3 Å². The molecular formula is C23H32N2O3. The van der Waals surface area contributed by atoms with Gasteiger partial charge >= 0.3 is 5.97 Å². The molecule has 3 aliphatic rings. The van der Waals surface area contributed by atoms with Crippen LogP contribution in [0.4, 0.5) is 0 Å². The van der Waals surface area contributed by atoms with Gasteiger partial charge in [0.25, 0.3) is 0 Å². The fourth-order valence-corrected chi connectivity index (χ4v) is 5.05. The average molecular weight is 385 g/mol. The third kappa shape index (κ3) is 3.95. The van der Waals surface area contributed by atoms with Gasteiger partial charge in [-0.3, -0.25) is 14.5 Å². The maximum Gasteiger partial charge on any atom is 0.312 e. The minimum atomic E-state index is -0.361. The van der Waals surface area contributed by atoms with Crippen molar-refractivity contribution < 1.29 is 14.3 Å². The number of cyclic esters (lactones) is 1. The van der Waals surface area contributed by atoms with Crippen LogP contribution in [-0.2, 0) is 20.7 Å². The van der Waals surface area contributed by atoms with Gasteiger partial charge in [-0.1, -0.05) is 23.8 Å². The molecule has 28 heavy (non-hydrogen) atoms. The maximum atomic E-state index is 12.8. The summed E-state index contributed by atoms with van der Waals surface area (Å²) in [5.41, 5.74) is 3.09. The Morgan fingerprint density at radius 1 is 1.14 bits per heavy atom. The lowest BCUT2D eigenvalue weighted by Gasteiger charge is -2.36. The van der Waals surface area contributed by atoms with Gasteiger partial charge in [0, 0.05) is 26.1 Å². The van der Waals surface area contributed by atoms with Gasteiger partial charge in [-0.15, -0.1) is 0 Å². The number of hydrogen-bond acceptors (Lipinski definition) is 4. The number of benzene rings is 1. The Labute approximate surface area is 168 Å². The van der Waals surface area contributed by atoms with Crippen LogP contribution >= 0.6 is 0 Å². The average Bonchev–Trinajstić information content (AvgIpc) is 3.27. The molecule has 1 aromatic carbocycles. The van der Waals surface area contributed by atoms with E-state index in [-0.39, 0.29) is 23.4 Å². The monoisotopic (exact) mass is 384 g/mol. The van der Waals surface area contributed by atoms with Crippen LogP contribution < -0.4 is 0 Å². The fraction of sp³-hybridized carbons (Fsp3) is 0.652. The lowest BCUT2D eigenvalue weighted by molar-refractivity contribution is -0.152. The second kappa shape index (κ2) is 7.86. The number of rotatable bonds is 4. The number of piperidine rings is 1. The van der Waals surface area contributed by atoms with Gasteiger partial charge in [-0.2, -0.15) is 0 Å². The minimum absolute atomic E-state index is 0.0293. The van der Waals surface area contributed by atoms with E-state index in [1.807, 2.05) is 4.90 Å². The van der Waals surface area contributed by atoms with E-state index in [4.69, 9.17) is 4.74 Å². The molecule has 4 rings (SSSR count). The van der Waals surface area contributed by atoms with Crippen LogP contribution in [0.1, 0.15) is 48.8 Å². The first-order chi connectivity index (χ1) is 13.4. The predicted octanol–water partition coefficient (Wildman–Crippen LogP) is 2.87. The topological polar surface area (TPSA) is 49.9 Å². The summed E-state index contributed by atoms with van der Waals surface area (Å²) >= 11 is 0. The highest BCUT2D eigenvalue weighted by atomic mass is 16.6. The van der Waals surface area contributed by atoms with Crippen LogP contribution in [0.15, 0.2) is 18.2 Å². The van der Waals surface area contributed by atoms with Crippen LogP contribution in [0.5, 0.6) is 0 Å². The molecule has 0 N–H and O–H groups in total. The summed E-state index contributed by atoms with van der Waals surface area (Å²) in [5, 5.41) is 0. The van der Waals surface area contributed by atoms with Crippen LogP contribution in [0.25, 0.3) is 0 Å². The quantitative estimate of drug-likeness (QED) is 0.749. The van der Waals surface area contributed by atoms with Crippen molar-refractivity contribution in [3.8, 4) is 0 Å². The molecule has 1 atom stereocenters. The molecule has 1 unspecified atom stereocenters. The summed E-state index contributed by atoms with van der Waals surface area (Å²) < 4.78 is 5.75. The Morgan fingerprint density at radius 2 is 1.86 bits per heavy atom. The first kappa shape index (κ1) is 19.4. The molecule has 0 radical (unpaired) electrons. The van der Waals surface area contributed by atoms with E-state index in [0.717, 1.165) is 50.0 Å². The van der Waals surface area contributed by atoms with Crippen molar-refractivity contribution in [2.75, 3.05) is 32.7 Å². The van der Waals surface area contributed by atoms with E-state index in [0.29, 0.717) is 19.5 Å². The number of likely N-dealkylation sites (tertiary alicyclic amines) is 2. The number of amides is 1. The van der Waals surface area contributed by atoms with Crippen molar-refractivity contribution in [3.05, 3.63) is 34.9 Å². The molecule has 3 aliphatic heterocycles. The zero-order valence-corrected chi connectivity index (χ0v) is 17.2. The molecule has 1 amide bonds. The smallest absolute Gasteiger partial charge is 0.312 e. The summed E-state index contributed by atoms with van der Waals surface area (Å²) in [6, 6.07) is 6.27. The molecule has 152 valence electrons. The highest BCUT2D eigenvalue weighted by Crippen LogP contribution is 2.43. The number of carbonyl (C=O) groups is 2. The SMILES string of the molecule is Cc1ccc(C)c(CC(=O)N2CCC3(CC2)CC(CN2CCCC2)OC3=O)c1. The van der Waals surface area contributed by atoms with Crippen LogP contribution in [0.2, 0.25) is 0 Å². The van der Waals surface area contributed by atoms with E-state index in [1.165, 1.54) is 18.4 Å². The number of nitrogens with zero attached hydrogens (tertiary/aromatic N) is 2. The number of hydrogen-bond donors (Lipinski definition) is 0. The Kier molecular flexibility index (Phi) is 5.46. The Balaban J connectivity index is 1.33. The molecule has 5 nitrogen and oxygen atoms in total. The largest absolute Gasteiger partial charge is 0.461 e. The first-order valence-corrected chi connectivity index (χ1v) is 10.7. The molecular weight excluding hydrogens is 352 g/mol. The number of ether oxygens (including phenoxy) is 1. The maximum absolute atomic E-state index is 12.8. The van der Waals surface area contributed by atoms with Gasteiger partial charge in [0.15, 0.2) is 0 Å². The van der Waals surface area contributed by atoms with E-state index >= 15 is 0 Å². The third-order valence-electron chi connectivity index (χ3n) is 6.91. The lowest BCUT2D eigenvalue weighted by Crippen LogP contribution is -2.45. The zero-order chi connectivity index (χ0) is 19.7. The molecule has 1 spiro atoms. The first-order valence-electron chi connectivity index (χ1n) is 10.7. The van der Waals surface area contributed by atoms with E-state index in [9.17, 15) is 9.59 Å². The summed E-state index contributed by atoms with van der Waals surface area (Å²) in [7, 11) is 0. The van der Waals surface area contributed by atoms with Gasteiger partial charge in [-0.05, 0) is 63.7 Å². The zero-order valence-electron chi connectivity index (χ0n) is 17.2. The number of aryl methyl sites for hydroxylation is 2. The molecule has 3 heterocycles. The Bertz CT molecular complexity index is 746. The summed E-state index contributed by atoms with van der Waals surface area (Å²) in [6.07, 6.45) is 5.28. The molecule has 3 saturated heterocycles. The van der Waals surface area contributed by atoms with Crippen molar-refractivity contribution in [2.45, 2.75) is 58.5 Å². The Morgan fingerprint density at radius 3 is 2.57 bits per heavy atom. The van der Waals surface area contributed by atoms with Gasteiger partial charge in [0.2, 0.25) is 5.91 Å². The Hall–Kier alpha value is -1.88. The molecule has 1 aromatic rings. The highest BCUT2D eigenvalue weighted by Gasteiger charge is 2.51. The normalized spacial score (nSPS) is 24.7. The number of esters is 1. The van der Waals surface area contributed by atoms with E-state index in [2.05, 4.69) is 36.9 Å². The van der Waals surface area contributed by atoms with Crippen LogP contribution in [-0.4, -0.2) is 60.5 Å². The third-order valence-corrected chi connectivity index (χ3v) is 6.91. The van der Waals surface area contributed by atoms with E-state index < -0.39 is 0 Å².